The number of thiophene rings is 1. The third-order valence-electron chi connectivity index (χ3n) is 4.82. The maximum Gasteiger partial charge on any atom is 0.352 e. The molecular weight excluding hydrogens is 426 g/mol. The van der Waals surface area contributed by atoms with E-state index in [1.165, 1.54) is 20.3 Å². The monoisotopic (exact) mass is 445 g/mol. The van der Waals surface area contributed by atoms with Gasteiger partial charge in [0.2, 0.25) is 11.7 Å². The van der Waals surface area contributed by atoms with E-state index < -0.39 is 5.69 Å². The van der Waals surface area contributed by atoms with Crippen LogP contribution in [0.4, 0.5) is 0 Å². The number of unbranched alkanes of at least 4 members (excludes halogenated alkanes) is 1. The van der Waals surface area contributed by atoms with E-state index in [4.69, 9.17) is 11.6 Å². The van der Waals surface area contributed by atoms with Crippen molar-refractivity contribution in [2.24, 2.45) is 0 Å². The highest BCUT2D eigenvalue weighted by Crippen LogP contribution is 2.17. The number of aryl methyl sites for hydroxylation is 1. The van der Waals surface area contributed by atoms with Crippen LogP contribution in [-0.4, -0.2) is 24.7 Å². The Bertz CT molecular complexity index is 1330. The SMILES string of the molecule is CCCCn1c(=O)c2sccc2n2c(=O)n(CC(=O)NCc3ccc(Cl)cc3)nc12. The summed E-state index contributed by atoms with van der Waals surface area (Å²) in [5.41, 5.74) is 0.805. The Kier molecular flexibility index (Phi) is 5.74. The Balaban J connectivity index is 1.65. The van der Waals surface area contributed by atoms with E-state index in [1.807, 2.05) is 19.1 Å². The highest BCUT2D eigenvalue weighted by Gasteiger charge is 2.19. The number of hydrogen-bond donors (Lipinski definition) is 1. The molecule has 156 valence electrons. The van der Waals surface area contributed by atoms with E-state index in [1.54, 1.807) is 23.6 Å². The second-order valence-electron chi connectivity index (χ2n) is 6.92. The van der Waals surface area contributed by atoms with Crippen LogP contribution >= 0.6 is 22.9 Å². The lowest BCUT2D eigenvalue weighted by atomic mass is 10.2. The van der Waals surface area contributed by atoms with Gasteiger partial charge in [-0.1, -0.05) is 37.1 Å². The molecule has 8 nitrogen and oxygen atoms in total. The van der Waals surface area contributed by atoms with Gasteiger partial charge in [-0.3, -0.25) is 14.2 Å². The van der Waals surface area contributed by atoms with Gasteiger partial charge in [-0.25, -0.2) is 13.9 Å². The number of aromatic nitrogens is 4. The molecule has 3 heterocycles. The number of fused-ring (bicyclic) bond motifs is 3. The largest absolute Gasteiger partial charge is 0.352 e. The minimum atomic E-state index is -0.444. The fraction of sp³-hybridized carbons (Fsp3) is 0.300. The minimum Gasteiger partial charge on any atom is -0.350 e. The van der Waals surface area contributed by atoms with Crippen molar-refractivity contribution in [2.45, 2.75) is 39.4 Å². The first-order valence-corrected chi connectivity index (χ1v) is 10.9. The van der Waals surface area contributed by atoms with Gasteiger partial charge in [0.05, 0.1) is 5.52 Å². The lowest BCUT2D eigenvalue weighted by Gasteiger charge is -2.06. The maximum absolute atomic E-state index is 13.0. The highest BCUT2D eigenvalue weighted by atomic mass is 35.5. The number of nitrogens with one attached hydrogen (secondary N) is 1. The van der Waals surface area contributed by atoms with Gasteiger partial charge in [0.25, 0.3) is 5.56 Å². The number of nitrogens with zero attached hydrogens (tertiary/aromatic N) is 4. The van der Waals surface area contributed by atoms with Gasteiger partial charge in [-0.05, 0) is 35.6 Å². The minimum absolute atomic E-state index is 0.162. The summed E-state index contributed by atoms with van der Waals surface area (Å²) in [5, 5.41) is 9.49. The summed E-state index contributed by atoms with van der Waals surface area (Å²) >= 11 is 7.16. The molecule has 10 heteroatoms. The summed E-state index contributed by atoms with van der Waals surface area (Å²) in [5.74, 6) is -0.0886. The van der Waals surface area contributed by atoms with Crippen molar-refractivity contribution < 1.29 is 4.79 Å². The lowest BCUT2D eigenvalue weighted by Crippen LogP contribution is -2.32. The van der Waals surface area contributed by atoms with Gasteiger partial charge in [0, 0.05) is 18.1 Å². The molecule has 30 heavy (non-hydrogen) atoms. The Labute approximate surface area is 180 Å². The molecule has 4 aromatic rings. The molecule has 1 N–H and O–H groups in total. The lowest BCUT2D eigenvalue weighted by molar-refractivity contribution is -0.122. The average Bonchev–Trinajstić information content (AvgIpc) is 3.33. The summed E-state index contributed by atoms with van der Waals surface area (Å²) in [6.07, 6.45) is 1.69. The van der Waals surface area contributed by atoms with E-state index in [0.29, 0.717) is 28.3 Å². The maximum atomic E-state index is 13.0. The highest BCUT2D eigenvalue weighted by molar-refractivity contribution is 7.17. The van der Waals surface area contributed by atoms with Crippen molar-refractivity contribution >= 4 is 44.8 Å². The van der Waals surface area contributed by atoms with E-state index in [0.717, 1.165) is 23.1 Å². The Hall–Kier alpha value is -2.91. The summed E-state index contributed by atoms with van der Waals surface area (Å²) in [7, 11) is 0. The van der Waals surface area contributed by atoms with Crippen LogP contribution in [0.25, 0.3) is 16.0 Å². The zero-order valence-electron chi connectivity index (χ0n) is 16.3. The van der Waals surface area contributed by atoms with Crippen LogP contribution in [0.2, 0.25) is 5.02 Å². The van der Waals surface area contributed by atoms with Crippen molar-refractivity contribution in [2.75, 3.05) is 0 Å². The molecule has 0 radical (unpaired) electrons. The van der Waals surface area contributed by atoms with E-state index in [9.17, 15) is 14.4 Å². The van der Waals surface area contributed by atoms with Gasteiger partial charge in [-0.15, -0.1) is 16.4 Å². The first kappa shape index (κ1) is 20.4. The number of carbonyl (C=O) groups excluding carboxylic acids is 1. The first-order valence-electron chi connectivity index (χ1n) is 9.60. The fourth-order valence-corrected chi connectivity index (χ4v) is 4.20. The van der Waals surface area contributed by atoms with E-state index in [2.05, 4.69) is 10.4 Å². The molecule has 0 spiro atoms. The van der Waals surface area contributed by atoms with Crippen LogP contribution in [0.3, 0.4) is 0 Å². The predicted octanol–water partition coefficient (Wildman–Crippen LogP) is 2.64. The summed E-state index contributed by atoms with van der Waals surface area (Å²) < 4.78 is 4.54. The number of rotatable bonds is 7. The van der Waals surface area contributed by atoms with Gasteiger partial charge in [0.1, 0.15) is 11.2 Å². The fourth-order valence-electron chi connectivity index (χ4n) is 3.25. The van der Waals surface area contributed by atoms with Crippen molar-refractivity contribution in [1.29, 1.82) is 0 Å². The zero-order chi connectivity index (χ0) is 21.3. The zero-order valence-corrected chi connectivity index (χ0v) is 17.9. The molecule has 1 amide bonds. The van der Waals surface area contributed by atoms with Crippen LogP contribution in [0, 0.1) is 0 Å². The molecule has 0 aliphatic rings. The van der Waals surface area contributed by atoms with Crippen molar-refractivity contribution in [3.63, 3.8) is 0 Å². The quantitative estimate of drug-likeness (QED) is 0.473. The number of carbonyl (C=O) groups is 1. The summed E-state index contributed by atoms with van der Waals surface area (Å²) in [6.45, 7) is 2.57. The van der Waals surface area contributed by atoms with Crippen LogP contribution in [0.15, 0.2) is 45.3 Å². The van der Waals surface area contributed by atoms with Crippen LogP contribution < -0.4 is 16.6 Å². The molecule has 4 rings (SSSR count). The molecule has 0 bridgehead atoms. The summed E-state index contributed by atoms with van der Waals surface area (Å²) in [6, 6.07) is 8.86. The van der Waals surface area contributed by atoms with Crippen LogP contribution in [-0.2, 0) is 24.4 Å². The second-order valence-corrected chi connectivity index (χ2v) is 8.28. The second kappa shape index (κ2) is 8.45. The van der Waals surface area contributed by atoms with Crippen molar-refractivity contribution in [1.82, 2.24) is 24.1 Å². The molecule has 0 atom stereocenters. The van der Waals surface area contributed by atoms with Gasteiger partial charge in [-0.2, -0.15) is 0 Å². The Morgan fingerprint density at radius 2 is 1.97 bits per heavy atom. The average molecular weight is 446 g/mol. The number of hydrogen-bond acceptors (Lipinski definition) is 5. The normalized spacial score (nSPS) is 11.4. The topological polar surface area (TPSA) is 90.4 Å². The Morgan fingerprint density at radius 3 is 2.70 bits per heavy atom. The molecule has 0 saturated heterocycles. The van der Waals surface area contributed by atoms with E-state index >= 15 is 0 Å². The van der Waals surface area contributed by atoms with E-state index in [-0.39, 0.29) is 23.8 Å². The molecule has 0 aliphatic heterocycles. The van der Waals surface area contributed by atoms with Gasteiger partial charge >= 0.3 is 5.69 Å². The van der Waals surface area contributed by atoms with Crippen LogP contribution in [0.1, 0.15) is 25.3 Å². The van der Waals surface area contributed by atoms with Gasteiger partial charge in [0.15, 0.2) is 0 Å². The van der Waals surface area contributed by atoms with Crippen molar-refractivity contribution in [3.8, 4) is 0 Å². The third-order valence-corrected chi connectivity index (χ3v) is 5.96. The molecule has 1 aromatic carbocycles. The van der Waals surface area contributed by atoms with Crippen molar-refractivity contribution in [3.05, 3.63) is 67.1 Å². The number of halogens is 1. The standard InChI is InChI=1S/C20H20ClN5O3S/c1-2-3-9-24-18(28)17-15(8-10-30-17)26-19(24)23-25(20(26)29)12-16(27)22-11-13-4-6-14(21)7-5-13/h4-8,10H,2-3,9,11-12H2,1H3,(H,22,27). The molecule has 0 unspecified atom stereocenters. The molecular formula is C20H20ClN5O3S. The number of amides is 1. The smallest absolute Gasteiger partial charge is 0.350 e. The number of benzene rings is 1. The molecule has 3 aromatic heterocycles. The predicted molar refractivity (Wildman–Crippen MR) is 117 cm³/mol. The van der Waals surface area contributed by atoms with Crippen LogP contribution in [0.5, 0.6) is 0 Å². The first-order chi connectivity index (χ1) is 14.5. The Morgan fingerprint density at radius 1 is 1.20 bits per heavy atom. The summed E-state index contributed by atoms with van der Waals surface area (Å²) in [4.78, 5) is 38.2. The third kappa shape index (κ3) is 3.78. The molecule has 0 saturated carbocycles. The molecule has 0 fully saturated rings. The van der Waals surface area contributed by atoms with Gasteiger partial charge < -0.3 is 5.32 Å². The molecule has 0 aliphatic carbocycles.